The van der Waals surface area contributed by atoms with Gasteiger partial charge in [0.25, 0.3) is 0 Å². The molecule has 0 atom stereocenters. The first kappa shape index (κ1) is 36.9. The lowest BCUT2D eigenvalue weighted by molar-refractivity contribution is 0.573. The van der Waals surface area contributed by atoms with Crippen LogP contribution in [0.15, 0.2) is 140 Å². The largest absolute Gasteiger partial charge is 0.310 e. The van der Waals surface area contributed by atoms with Crippen molar-refractivity contribution >= 4 is 48.6 Å². The van der Waals surface area contributed by atoms with Crippen LogP contribution in [0, 0.1) is 0 Å². The molecule has 288 valence electrons. The van der Waals surface area contributed by atoms with Crippen molar-refractivity contribution in [2.45, 2.75) is 90.9 Å². The Labute approximate surface area is 349 Å². The Hall–Kier alpha value is -5.44. The van der Waals surface area contributed by atoms with Crippen LogP contribution >= 0.6 is 11.3 Å². The quantitative estimate of drug-likeness (QED) is 0.172. The summed E-state index contributed by atoms with van der Waals surface area (Å²) in [5.74, 6) is 0. The summed E-state index contributed by atoms with van der Waals surface area (Å²) in [6, 6.07) is 53.0. The highest BCUT2D eigenvalue weighted by Crippen LogP contribution is 2.59. The second-order valence-electron chi connectivity index (χ2n) is 19.8. The van der Waals surface area contributed by atoms with Crippen molar-refractivity contribution in [3.05, 3.63) is 173 Å². The smallest absolute Gasteiger partial charge is 0.0543 e. The molecule has 2 heteroatoms. The topological polar surface area (TPSA) is 3.24 Å². The van der Waals surface area contributed by atoms with Gasteiger partial charge < -0.3 is 4.90 Å². The average molecular weight is 772 g/mol. The minimum absolute atomic E-state index is 0.00954. The maximum atomic E-state index is 2.54. The number of anilines is 3. The van der Waals surface area contributed by atoms with Gasteiger partial charge in [-0.25, -0.2) is 0 Å². The molecule has 1 aromatic heterocycles. The van der Waals surface area contributed by atoms with Crippen LogP contribution in [0.2, 0.25) is 0 Å². The minimum Gasteiger partial charge on any atom is -0.310 e. The van der Waals surface area contributed by atoms with Crippen molar-refractivity contribution in [3.63, 3.8) is 0 Å². The van der Waals surface area contributed by atoms with Gasteiger partial charge in [-0.15, -0.1) is 11.3 Å². The highest BCUT2D eigenvalue weighted by Gasteiger charge is 2.41. The fourth-order valence-electron chi connectivity index (χ4n) is 10.0. The monoisotopic (exact) mass is 771 g/mol. The summed E-state index contributed by atoms with van der Waals surface area (Å²) >= 11 is 2.01. The molecule has 8 aromatic rings. The standard InChI is InChI=1S/C56H53NS/c1-53(2,3)36-31-42-41-29-30-45-50(52(41)58-51(42)47(32-36)54(4,5)6)49-44(56(45,9)10)21-16-22-48(49)57(37-25-23-35(24-26-37)34-17-12-11-13-18-34)38-27-28-40-39-19-14-15-20-43(39)55(7,8)46(40)33-38/h11-33H,1-10H3. The maximum Gasteiger partial charge on any atom is 0.0543 e. The summed E-state index contributed by atoms with van der Waals surface area (Å²) < 4.78 is 2.81. The van der Waals surface area contributed by atoms with Gasteiger partial charge >= 0.3 is 0 Å². The predicted octanol–water partition coefficient (Wildman–Crippen LogP) is 16.4. The van der Waals surface area contributed by atoms with E-state index < -0.39 is 0 Å². The summed E-state index contributed by atoms with van der Waals surface area (Å²) in [4.78, 5) is 2.54. The number of nitrogens with zero attached hydrogens (tertiary/aromatic N) is 1. The van der Waals surface area contributed by atoms with Crippen LogP contribution in [-0.2, 0) is 21.7 Å². The Morgan fingerprint density at radius 3 is 1.79 bits per heavy atom. The number of hydrogen-bond acceptors (Lipinski definition) is 2. The maximum absolute atomic E-state index is 2.54. The molecule has 0 radical (unpaired) electrons. The molecule has 0 saturated carbocycles. The van der Waals surface area contributed by atoms with Crippen LogP contribution in [0.1, 0.15) is 103 Å². The molecular formula is C56H53NS. The van der Waals surface area contributed by atoms with Crippen molar-refractivity contribution in [3.8, 4) is 33.4 Å². The summed E-state index contributed by atoms with van der Waals surface area (Å²) in [7, 11) is 0. The van der Waals surface area contributed by atoms with Gasteiger partial charge in [0.05, 0.1) is 5.69 Å². The molecule has 10 rings (SSSR count). The Balaban J connectivity index is 1.25. The van der Waals surface area contributed by atoms with Crippen LogP contribution in [0.25, 0.3) is 53.6 Å². The molecule has 1 nitrogen and oxygen atoms in total. The fourth-order valence-corrected chi connectivity index (χ4v) is 11.6. The molecule has 0 unspecified atom stereocenters. The van der Waals surface area contributed by atoms with Crippen molar-refractivity contribution in [1.82, 2.24) is 0 Å². The van der Waals surface area contributed by atoms with Crippen LogP contribution < -0.4 is 4.90 Å². The molecular weight excluding hydrogens is 719 g/mol. The summed E-state index contributed by atoms with van der Waals surface area (Å²) in [6.45, 7) is 23.8. The van der Waals surface area contributed by atoms with E-state index in [-0.39, 0.29) is 21.7 Å². The van der Waals surface area contributed by atoms with E-state index in [1.807, 2.05) is 11.3 Å². The van der Waals surface area contributed by atoms with E-state index in [1.165, 1.54) is 98.3 Å². The van der Waals surface area contributed by atoms with Crippen LogP contribution in [0.5, 0.6) is 0 Å². The number of benzene rings is 7. The van der Waals surface area contributed by atoms with E-state index in [1.54, 1.807) is 0 Å². The van der Waals surface area contributed by atoms with Crippen molar-refractivity contribution < 1.29 is 0 Å². The number of hydrogen-bond donors (Lipinski definition) is 0. The molecule has 0 N–H and O–H groups in total. The van der Waals surface area contributed by atoms with E-state index in [4.69, 9.17) is 0 Å². The molecule has 1 heterocycles. The second kappa shape index (κ2) is 12.5. The SMILES string of the molecule is CC(C)(C)c1cc(C(C)(C)C)c2sc3c4c(ccc3c2c1)C(C)(C)c1cccc(N(c2ccc(-c3ccccc3)cc2)c2ccc3c(c2)C(C)(C)c2ccccc2-3)c1-4. The molecule has 0 bridgehead atoms. The Bertz CT molecular complexity index is 2940. The molecule has 2 aliphatic rings. The van der Waals surface area contributed by atoms with E-state index in [9.17, 15) is 0 Å². The summed E-state index contributed by atoms with van der Waals surface area (Å²) in [5, 5.41) is 2.75. The first-order valence-electron chi connectivity index (χ1n) is 20.9. The third-order valence-corrected chi connectivity index (χ3v) is 14.6. The molecule has 0 aliphatic heterocycles. The Morgan fingerprint density at radius 2 is 1.07 bits per heavy atom. The highest BCUT2D eigenvalue weighted by molar-refractivity contribution is 7.26. The minimum atomic E-state index is -0.168. The van der Waals surface area contributed by atoms with E-state index in [0.29, 0.717) is 0 Å². The van der Waals surface area contributed by atoms with Crippen molar-refractivity contribution in [2.75, 3.05) is 4.90 Å². The van der Waals surface area contributed by atoms with Gasteiger partial charge in [-0.3, -0.25) is 0 Å². The zero-order valence-corrected chi connectivity index (χ0v) is 36.5. The van der Waals surface area contributed by atoms with Crippen LogP contribution in [-0.4, -0.2) is 0 Å². The molecule has 58 heavy (non-hydrogen) atoms. The molecule has 2 aliphatic carbocycles. The Morgan fingerprint density at radius 1 is 0.448 bits per heavy atom. The van der Waals surface area contributed by atoms with Gasteiger partial charge in [0.1, 0.15) is 0 Å². The first-order chi connectivity index (χ1) is 27.5. The zero-order valence-electron chi connectivity index (χ0n) is 35.6. The third kappa shape index (κ3) is 5.41. The van der Waals surface area contributed by atoms with Gasteiger partial charge in [0.15, 0.2) is 0 Å². The molecule has 0 saturated heterocycles. The van der Waals surface area contributed by atoms with Crippen LogP contribution in [0.3, 0.4) is 0 Å². The van der Waals surface area contributed by atoms with E-state index in [2.05, 4.69) is 214 Å². The summed E-state index contributed by atoms with van der Waals surface area (Å²) in [6.07, 6.45) is 0. The van der Waals surface area contributed by atoms with Gasteiger partial charge in [-0.1, -0.05) is 172 Å². The normalized spacial score (nSPS) is 15.0. The van der Waals surface area contributed by atoms with Crippen molar-refractivity contribution in [2.24, 2.45) is 0 Å². The van der Waals surface area contributed by atoms with Crippen molar-refractivity contribution in [1.29, 1.82) is 0 Å². The number of thiophene rings is 1. The van der Waals surface area contributed by atoms with Crippen LogP contribution in [0.4, 0.5) is 17.1 Å². The molecule has 7 aromatic carbocycles. The lowest BCUT2D eigenvalue weighted by Gasteiger charge is -2.30. The first-order valence-corrected chi connectivity index (χ1v) is 21.8. The number of fused-ring (bicyclic) bond motifs is 10. The van der Waals surface area contributed by atoms with Gasteiger partial charge in [-0.05, 0) is 103 Å². The van der Waals surface area contributed by atoms with E-state index in [0.717, 1.165) is 5.69 Å². The molecule has 0 fully saturated rings. The molecule has 0 amide bonds. The zero-order chi connectivity index (χ0) is 40.5. The van der Waals surface area contributed by atoms with Gasteiger partial charge in [-0.2, -0.15) is 0 Å². The lowest BCUT2D eigenvalue weighted by atomic mass is 9.79. The average Bonchev–Trinajstić information content (AvgIpc) is 3.77. The Kier molecular flexibility index (Phi) is 7.97. The van der Waals surface area contributed by atoms with E-state index >= 15 is 0 Å². The van der Waals surface area contributed by atoms with Gasteiger partial charge in [0, 0.05) is 53.5 Å². The predicted molar refractivity (Wildman–Crippen MR) is 252 cm³/mol. The third-order valence-electron chi connectivity index (χ3n) is 13.4. The fraction of sp³-hybridized carbons (Fsp3) is 0.250. The summed E-state index contributed by atoms with van der Waals surface area (Å²) in [5.41, 5.74) is 19.6. The second-order valence-corrected chi connectivity index (χ2v) is 20.9. The highest BCUT2D eigenvalue weighted by atomic mass is 32.1. The van der Waals surface area contributed by atoms with Gasteiger partial charge in [0.2, 0.25) is 0 Å². The molecule has 0 spiro atoms. The number of rotatable bonds is 4. The lowest BCUT2D eigenvalue weighted by Crippen LogP contribution is -2.17.